The number of hydrogen-bond acceptors (Lipinski definition) is 6. The van der Waals surface area contributed by atoms with Crippen LogP contribution < -0.4 is 21.3 Å². The molecule has 0 heterocycles. The third-order valence-corrected chi connectivity index (χ3v) is 6.77. The number of rotatable bonds is 18. The van der Waals surface area contributed by atoms with Crippen LogP contribution in [-0.4, -0.2) is 59.7 Å². The highest BCUT2D eigenvalue weighted by Crippen LogP contribution is 2.11. The van der Waals surface area contributed by atoms with Gasteiger partial charge in [0.2, 0.25) is 17.7 Å². The highest BCUT2D eigenvalue weighted by atomic mass is 16.6. The van der Waals surface area contributed by atoms with Crippen LogP contribution in [0.1, 0.15) is 82.4 Å². The summed E-state index contributed by atoms with van der Waals surface area (Å²) in [7, 11) is 0. The molecule has 5 amide bonds. The van der Waals surface area contributed by atoms with Crippen molar-refractivity contribution in [3.63, 3.8) is 0 Å². The lowest BCUT2D eigenvalue weighted by Gasteiger charge is -2.20. The van der Waals surface area contributed by atoms with Crippen LogP contribution in [0.5, 0.6) is 0 Å². The second-order valence-corrected chi connectivity index (χ2v) is 12.0. The Labute approximate surface area is 265 Å². The first-order valence-electron chi connectivity index (χ1n) is 15.6. The average Bonchev–Trinajstić information content (AvgIpc) is 2.97. The van der Waals surface area contributed by atoms with Crippen LogP contribution in [0, 0.1) is 0 Å². The molecule has 11 heteroatoms. The molecule has 2 aromatic rings. The van der Waals surface area contributed by atoms with Gasteiger partial charge in [0.1, 0.15) is 11.6 Å². The predicted molar refractivity (Wildman–Crippen MR) is 172 cm³/mol. The summed E-state index contributed by atoms with van der Waals surface area (Å²) in [6, 6.07) is 17.3. The van der Waals surface area contributed by atoms with E-state index in [9.17, 15) is 24.0 Å². The Morgan fingerprint density at radius 1 is 0.733 bits per heavy atom. The van der Waals surface area contributed by atoms with Gasteiger partial charge in [-0.2, -0.15) is 0 Å². The standard InChI is InChI=1S/C34H48N4O7/c1-34(2,3)45-33(44)36-22-10-9-16-28(37-32(42)43)31(41)35-23-11-17-29(39)38-30(40)24-27-20-18-26(19-21-27)15-8-7-14-25-12-5-4-6-13-25/h4-6,12-13,18-21,28,37H,7-11,14-17,22-24H2,1-3H3,(H,35,41)(H,36,44)(H,42,43)(H,38,39,40)/t28-/m0/s1. The fourth-order valence-corrected chi connectivity index (χ4v) is 4.55. The molecule has 0 aliphatic rings. The van der Waals surface area contributed by atoms with Gasteiger partial charge in [-0.1, -0.05) is 54.6 Å². The highest BCUT2D eigenvalue weighted by molar-refractivity contribution is 5.96. The third-order valence-electron chi connectivity index (χ3n) is 6.77. The first-order chi connectivity index (χ1) is 21.4. The van der Waals surface area contributed by atoms with Crippen molar-refractivity contribution >= 4 is 29.9 Å². The molecule has 0 aromatic heterocycles. The zero-order chi connectivity index (χ0) is 33.1. The van der Waals surface area contributed by atoms with Gasteiger partial charge in [0, 0.05) is 19.5 Å². The van der Waals surface area contributed by atoms with Crippen LogP contribution in [-0.2, 0) is 38.4 Å². The van der Waals surface area contributed by atoms with Crippen LogP contribution in [0.15, 0.2) is 54.6 Å². The molecule has 0 saturated heterocycles. The maximum absolute atomic E-state index is 12.5. The minimum Gasteiger partial charge on any atom is -0.465 e. The maximum atomic E-state index is 12.5. The molecule has 0 aliphatic carbocycles. The van der Waals surface area contributed by atoms with Gasteiger partial charge in [-0.05, 0) is 88.8 Å². The minimum absolute atomic E-state index is 0.0291. The number of ether oxygens (including phenoxy) is 1. The number of carbonyl (C=O) groups is 5. The normalized spacial score (nSPS) is 11.6. The largest absolute Gasteiger partial charge is 0.465 e. The number of alkyl carbamates (subject to hydrolysis) is 1. The van der Waals surface area contributed by atoms with Crippen molar-refractivity contribution in [3.05, 3.63) is 71.3 Å². The molecule has 0 bridgehead atoms. The van der Waals surface area contributed by atoms with Crippen molar-refractivity contribution in [1.29, 1.82) is 0 Å². The lowest BCUT2D eigenvalue weighted by atomic mass is 10.0. The van der Waals surface area contributed by atoms with Gasteiger partial charge >= 0.3 is 12.2 Å². The summed E-state index contributed by atoms with van der Waals surface area (Å²) >= 11 is 0. The molecule has 0 aliphatic heterocycles. The van der Waals surface area contributed by atoms with Gasteiger partial charge in [0.05, 0.1) is 6.42 Å². The van der Waals surface area contributed by atoms with Crippen LogP contribution in [0.25, 0.3) is 0 Å². The topological polar surface area (TPSA) is 163 Å². The molecule has 0 unspecified atom stereocenters. The average molecular weight is 625 g/mol. The number of hydrogen-bond donors (Lipinski definition) is 5. The lowest BCUT2D eigenvalue weighted by Crippen LogP contribution is -2.46. The van der Waals surface area contributed by atoms with E-state index in [2.05, 4.69) is 45.5 Å². The Balaban J connectivity index is 1.61. The van der Waals surface area contributed by atoms with Crippen molar-refractivity contribution in [1.82, 2.24) is 21.3 Å². The van der Waals surface area contributed by atoms with E-state index in [4.69, 9.17) is 9.84 Å². The third kappa shape index (κ3) is 17.5. The van der Waals surface area contributed by atoms with Gasteiger partial charge in [-0.15, -0.1) is 0 Å². The molecule has 0 radical (unpaired) electrons. The van der Waals surface area contributed by atoms with Crippen LogP contribution in [0.2, 0.25) is 0 Å². The minimum atomic E-state index is -1.33. The Hall–Kier alpha value is -4.41. The number of amides is 5. The van der Waals surface area contributed by atoms with Crippen molar-refractivity contribution in [2.24, 2.45) is 0 Å². The first kappa shape index (κ1) is 36.8. The monoisotopic (exact) mass is 624 g/mol. The van der Waals surface area contributed by atoms with Gasteiger partial charge in [0.25, 0.3) is 0 Å². The molecule has 2 rings (SSSR count). The number of unbranched alkanes of at least 4 members (excludes halogenated alkanes) is 2. The summed E-state index contributed by atoms with van der Waals surface area (Å²) in [6.45, 7) is 5.75. The zero-order valence-electron chi connectivity index (χ0n) is 26.7. The van der Waals surface area contributed by atoms with Crippen molar-refractivity contribution in [2.75, 3.05) is 13.1 Å². The smallest absolute Gasteiger partial charge is 0.407 e. The van der Waals surface area contributed by atoms with E-state index in [0.717, 1.165) is 31.2 Å². The zero-order valence-corrected chi connectivity index (χ0v) is 26.7. The number of imide groups is 1. The van der Waals surface area contributed by atoms with Gasteiger partial charge in [-0.3, -0.25) is 19.7 Å². The van der Waals surface area contributed by atoms with Gasteiger partial charge < -0.3 is 25.8 Å². The Bertz CT molecular complexity index is 1230. The van der Waals surface area contributed by atoms with E-state index >= 15 is 0 Å². The maximum Gasteiger partial charge on any atom is 0.407 e. The Kier molecular flexibility index (Phi) is 16.2. The molecule has 0 fully saturated rings. The lowest BCUT2D eigenvalue weighted by molar-refractivity contribution is -0.130. The summed E-state index contributed by atoms with van der Waals surface area (Å²) in [5, 5.41) is 18.9. The number of aryl methyl sites for hydroxylation is 2. The molecule has 2 aromatic carbocycles. The van der Waals surface area contributed by atoms with E-state index in [-0.39, 0.29) is 32.2 Å². The number of carboxylic acid groups (broad SMARTS) is 1. The first-order valence-corrected chi connectivity index (χ1v) is 15.6. The summed E-state index contributed by atoms with van der Waals surface area (Å²) in [6.07, 6.45) is 3.99. The van der Waals surface area contributed by atoms with E-state index in [1.54, 1.807) is 20.8 Å². The number of nitrogens with one attached hydrogen (secondary N) is 4. The van der Waals surface area contributed by atoms with Crippen LogP contribution in [0.4, 0.5) is 9.59 Å². The Morgan fingerprint density at radius 3 is 1.96 bits per heavy atom. The molecular weight excluding hydrogens is 576 g/mol. The molecule has 11 nitrogen and oxygen atoms in total. The summed E-state index contributed by atoms with van der Waals surface area (Å²) in [5.74, 6) is -1.35. The van der Waals surface area contributed by atoms with Gasteiger partial charge in [0.15, 0.2) is 0 Å². The van der Waals surface area contributed by atoms with E-state index in [1.807, 2.05) is 30.3 Å². The van der Waals surface area contributed by atoms with Crippen molar-refractivity contribution in [2.45, 2.75) is 96.6 Å². The van der Waals surface area contributed by atoms with E-state index < -0.39 is 41.6 Å². The molecule has 0 spiro atoms. The quantitative estimate of drug-likeness (QED) is 0.151. The molecular formula is C34H48N4O7. The van der Waals surface area contributed by atoms with E-state index in [0.29, 0.717) is 19.4 Å². The molecule has 45 heavy (non-hydrogen) atoms. The van der Waals surface area contributed by atoms with Crippen LogP contribution in [0.3, 0.4) is 0 Å². The fraction of sp³-hybridized carbons (Fsp3) is 0.500. The second kappa shape index (κ2) is 19.8. The highest BCUT2D eigenvalue weighted by Gasteiger charge is 2.20. The van der Waals surface area contributed by atoms with Crippen molar-refractivity contribution in [3.8, 4) is 0 Å². The van der Waals surface area contributed by atoms with Crippen LogP contribution >= 0.6 is 0 Å². The summed E-state index contributed by atoms with van der Waals surface area (Å²) in [4.78, 5) is 59.9. The predicted octanol–water partition coefficient (Wildman–Crippen LogP) is 4.66. The molecule has 5 N–H and O–H groups in total. The Morgan fingerprint density at radius 2 is 1.33 bits per heavy atom. The second-order valence-electron chi connectivity index (χ2n) is 12.0. The number of carbonyl (C=O) groups excluding carboxylic acids is 4. The SMILES string of the molecule is CC(C)(C)OC(=O)NCCCC[C@H](NC(=O)O)C(=O)NCCCC(=O)NC(=O)Cc1ccc(CCCCc2ccccc2)cc1. The summed E-state index contributed by atoms with van der Waals surface area (Å²) < 4.78 is 5.15. The van der Waals surface area contributed by atoms with Gasteiger partial charge in [-0.25, -0.2) is 9.59 Å². The molecule has 1 atom stereocenters. The van der Waals surface area contributed by atoms with Crippen molar-refractivity contribution < 1.29 is 33.8 Å². The van der Waals surface area contributed by atoms with E-state index in [1.165, 1.54) is 11.1 Å². The number of benzene rings is 2. The molecule has 246 valence electrons. The fourth-order valence-electron chi connectivity index (χ4n) is 4.55. The molecule has 0 saturated carbocycles. The summed E-state index contributed by atoms with van der Waals surface area (Å²) in [5.41, 5.74) is 2.76.